The van der Waals surface area contributed by atoms with Gasteiger partial charge in [-0.15, -0.1) is 11.8 Å². The van der Waals surface area contributed by atoms with Crippen LogP contribution in [0, 0.1) is 0 Å². The Morgan fingerprint density at radius 2 is 2.08 bits per heavy atom. The second-order valence-electron chi connectivity index (χ2n) is 2.67. The molecule has 1 nitrogen and oxygen atoms in total. The van der Waals surface area contributed by atoms with Crippen LogP contribution in [0.2, 0.25) is 0 Å². The first kappa shape index (κ1) is 9.62. The maximum absolute atomic E-state index is 9.63. The molecule has 1 N–H and O–H groups in total. The smallest absolute Gasteiger partial charge is 0.0798 e. The van der Waals surface area contributed by atoms with Gasteiger partial charge in [-0.1, -0.05) is 25.1 Å². The van der Waals surface area contributed by atoms with Crippen molar-refractivity contribution in [2.45, 2.75) is 24.3 Å². The molecule has 0 saturated carbocycles. The third kappa shape index (κ3) is 2.02. The molecule has 1 aromatic rings. The highest BCUT2D eigenvalue weighted by molar-refractivity contribution is 7.98. The van der Waals surface area contributed by atoms with Crippen molar-refractivity contribution in [2.75, 3.05) is 6.26 Å². The van der Waals surface area contributed by atoms with Crippen molar-refractivity contribution in [1.82, 2.24) is 0 Å². The lowest BCUT2D eigenvalue weighted by molar-refractivity contribution is 0.171. The maximum Gasteiger partial charge on any atom is 0.0798 e. The first-order chi connectivity index (χ1) is 5.79. The van der Waals surface area contributed by atoms with E-state index in [4.69, 9.17) is 0 Å². The van der Waals surface area contributed by atoms with Gasteiger partial charge in [0.05, 0.1) is 6.10 Å². The lowest BCUT2D eigenvalue weighted by Gasteiger charge is -2.11. The predicted octanol–water partition coefficient (Wildman–Crippen LogP) is 2.85. The van der Waals surface area contributed by atoms with Crippen molar-refractivity contribution >= 4 is 11.8 Å². The molecule has 0 heterocycles. The molecule has 1 rings (SSSR count). The Kier molecular flexibility index (Phi) is 3.63. The third-order valence-electron chi connectivity index (χ3n) is 1.88. The Bertz CT molecular complexity index is 247. The Morgan fingerprint density at radius 1 is 1.42 bits per heavy atom. The zero-order valence-electron chi connectivity index (χ0n) is 7.45. The van der Waals surface area contributed by atoms with Gasteiger partial charge in [0.2, 0.25) is 0 Å². The number of aliphatic hydroxyl groups excluding tert-OH is 1. The van der Waals surface area contributed by atoms with E-state index in [1.807, 2.05) is 37.4 Å². The van der Waals surface area contributed by atoms with Gasteiger partial charge in [0, 0.05) is 4.90 Å². The van der Waals surface area contributed by atoms with Crippen LogP contribution in [0.25, 0.3) is 0 Å². The van der Waals surface area contributed by atoms with E-state index in [0.29, 0.717) is 0 Å². The lowest BCUT2D eigenvalue weighted by Crippen LogP contribution is -1.96. The number of thioether (sulfide) groups is 1. The van der Waals surface area contributed by atoms with Crippen molar-refractivity contribution in [3.63, 3.8) is 0 Å². The van der Waals surface area contributed by atoms with Crippen LogP contribution in [0.15, 0.2) is 29.2 Å². The van der Waals surface area contributed by atoms with Crippen LogP contribution in [0.3, 0.4) is 0 Å². The van der Waals surface area contributed by atoms with E-state index < -0.39 is 0 Å². The first-order valence-corrected chi connectivity index (χ1v) is 5.33. The summed E-state index contributed by atoms with van der Waals surface area (Å²) in [5, 5.41) is 9.63. The van der Waals surface area contributed by atoms with Crippen LogP contribution < -0.4 is 0 Å². The molecule has 1 aromatic carbocycles. The summed E-state index contributed by atoms with van der Waals surface area (Å²) in [6.45, 7) is 1.99. The summed E-state index contributed by atoms with van der Waals surface area (Å²) in [6, 6.07) is 7.99. The highest BCUT2D eigenvalue weighted by atomic mass is 32.2. The average Bonchev–Trinajstić information content (AvgIpc) is 2.16. The summed E-state index contributed by atoms with van der Waals surface area (Å²) in [5.74, 6) is 0. The van der Waals surface area contributed by atoms with Crippen LogP contribution in [0.1, 0.15) is 25.0 Å². The Hall–Kier alpha value is -0.470. The van der Waals surface area contributed by atoms with Crippen LogP contribution in [-0.2, 0) is 0 Å². The van der Waals surface area contributed by atoms with Gasteiger partial charge in [-0.2, -0.15) is 0 Å². The highest BCUT2D eigenvalue weighted by Crippen LogP contribution is 2.26. The lowest BCUT2D eigenvalue weighted by atomic mass is 10.1. The molecule has 2 heteroatoms. The molecular formula is C10H14OS. The van der Waals surface area contributed by atoms with E-state index in [0.717, 1.165) is 12.0 Å². The van der Waals surface area contributed by atoms with E-state index in [1.165, 1.54) is 4.90 Å². The minimum absolute atomic E-state index is 0.311. The normalized spacial score (nSPS) is 12.9. The van der Waals surface area contributed by atoms with Gasteiger partial charge in [-0.3, -0.25) is 0 Å². The quantitative estimate of drug-likeness (QED) is 0.725. The number of hydrogen-bond donors (Lipinski definition) is 1. The molecule has 0 saturated heterocycles. The Balaban J connectivity index is 2.96. The molecule has 0 aromatic heterocycles. The molecule has 0 aliphatic rings. The fourth-order valence-electron chi connectivity index (χ4n) is 1.16. The number of benzene rings is 1. The number of hydrogen-bond acceptors (Lipinski definition) is 2. The third-order valence-corrected chi connectivity index (χ3v) is 2.70. The maximum atomic E-state index is 9.63. The molecule has 1 atom stereocenters. The van der Waals surface area contributed by atoms with Crippen LogP contribution >= 0.6 is 11.8 Å². The summed E-state index contributed by atoms with van der Waals surface area (Å²) in [4.78, 5) is 1.17. The Labute approximate surface area is 77.8 Å². The first-order valence-electron chi connectivity index (χ1n) is 4.10. The molecule has 0 aliphatic heterocycles. The van der Waals surface area contributed by atoms with E-state index in [9.17, 15) is 5.11 Å². The van der Waals surface area contributed by atoms with Gasteiger partial charge >= 0.3 is 0 Å². The minimum Gasteiger partial charge on any atom is -0.388 e. The molecule has 0 spiro atoms. The second kappa shape index (κ2) is 4.53. The van der Waals surface area contributed by atoms with Crippen molar-refractivity contribution in [3.8, 4) is 0 Å². The van der Waals surface area contributed by atoms with Gasteiger partial charge in [0.15, 0.2) is 0 Å². The molecule has 0 amide bonds. The molecule has 0 radical (unpaired) electrons. The zero-order valence-corrected chi connectivity index (χ0v) is 8.27. The molecule has 0 bridgehead atoms. The Morgan fingerprint density at radius 3 is 2.67 bits per heavy atom. The van der Waals surface area contributed by atoms with Gasteiger partial charge in [0.25, 0.3) is 0 Å². The second-order valence-corrected chi connectivity index (χ2v) is 3.51. The van der Waals surface area contributed by atoms with Crippen molar-refractivity contribution < 1.29 is 5.11 Å². The fraction of sp³-hybridized carbons (Fsp3) is 0.400. The standard InChI is InChI=1S/C10H14OS/c1-3-9(11)8-6-4-5-7-10(8)12-2/h4-7,9,11H,3H2,1-2H3/t9-/m1/s1. The van der Waals surface area contributed by atoms with Gasteiger partial charge in [-0.05, 0) is 24.3 Å². The monoisotopic (exact) mass is 182 g/mol. The zero-order chi connectivity index (χ0) is 8.97. The molecule has 12 heavy (non-hydrogen) atoms. The molecule has 66 valence electrons. The highest BCUT2D eigenvalue weighted by Gasteiger charge is 2.07. The van der Waals surface area contributed by atoms with Crippen molar-refractivity contribution in [2.24, 2.45) is 0 Å². The van der Waals surface area contributed by atoms with Gasteiger partial charge < -0.3 is 5.11 Å². The summed E-state index contributed by atoms with van der Waals surface area (Å²) >= 11 is 1.68. The van der Waals surface area contributed by atoms with E-state index >= 15 is 0 Å². The fourth-order valence-corrected chi connectivity index (χ4v) is 1.82. The molecule has 0 aliphatic carbocycles. The summed E-state index contributed by atoms with van der Waals surface area (Å²) < 4.78 is 0. The van der Waals surface area contributed by atoms with Crippen molar-refractivity contribution in [1.29, 1.82) is 0 Å². The average molecular weight is 182 g/mol. The number of rotatable bonds is 3. The predicted molar refractivity (Wildman–Crippen MR) is 53.5 cm³/mol. The minimum atomic E-state index is -0.311. The molecule has 0 unspecified atom stereocenters. The van der Waals surface area contributed by atoms with Crippen LogP contribution in [-0.4, -0.2) is 11.4 Å². The SMILES string of the molecule is CC[C@@H](O)c1ccccc1SC. The van der Waals surface area contributed by atoms with Gasteiger partial charge in [0.1, 0.15) is 0 Å². The van der Waals surface area contributed by atoms with Crippen LogP contribution in [0.5, 0.6) is 0 Å². The summed E-state index contributed by atoms with van der Waals surface area (Å²) in [7, 11) is 0. The molecule has 0 fully saturated rings. The topological polar surface area (TPSA) is 20.2 Å². The van der Waals surface area contributed by atoms with E-state index in [-0.39, 0.29) is 6.10 Å². The molecular weight excluding hydrogens is 168 g/mol. The summed E-state index contributed by atoms with van der Waals surface area (Å²) in [5.41, 5.74) is 1.05. The van der Waals surface area contributed by atoms with Gasteiger partial charge in [-0.25, -0.2) is 0 Å². The largest absolute Gasteiger partial charge is 0.388 e. The van der Waals surface area contributed by atoms with Crippen molar-refractivity contribution in [3.05, 3.63) is 29.8 Å². The van der Waals surface area contributed by atoms with E-state index in [1.54, 1.807) is 11.8 Å². The van der Waals surface area contributed by atoms with Crippen LogP contribution in [0.4, 0.5) is 0 Å². The summed E-state index contributed by atoms with van der Waals surface area (Å²) in [6.07, 6.45) is 2.49. The van der Waals surface area contributed by atoms with E-state index in [2.05, 4.69) is 0 Å². The number of aliphatic hydroxyl groups is 1.